The summed E-state index contributed by atoms with van der Waals surface area (Å²) in [6.07, 6.45) is -2.57. The van der Waals surface area contributed by atoms with Gasteiger partial charge in [0.25, 0.3) is 0 Å². The van der Waals surface area contributed by atoms with Gasteiger partial charge < -0.3 is 34.1 Å². The van der Waals surface area contributed by atoms with E-state index < -0.39 is 54.9 Å². The monoisotopic (exact) mass is 587 g/mol. The Balaban J connectivity index is 1.44. The fourth-order valence-electron chi connectivity index (χ4n) is 5.02. The zero-order valence-electron chi connectivity index (χ0n) is 23.7. The minimum Gasteiger partial charge on any atom is -0.479 e. The third-order valence-corrected chi connectivity index (χ3v) is 7.11. The number of fused-ring (bicyclic) bond motifs is 1. The first kappa shape index (κ1) is 30.1. The Kier molecular flexibility index (Phi) is 9.63. The lowest BCUT2D eigenvalue weighted by Gasteiger charge is -2.49. The molecule has 0 radical (unpaired) electrons. The van der Waals surface area contributed by atoms with Gasteiger partial charge in [0.05, 0.1) is 12.2 Å². The fraction of sp³-hybridized carbons (Fsp3) is 0.303. The van der Waals surface area contributed by atoms with Gasteiger partial charge in [-0.05, 0) is 30.7 Å². The molecule has 5 rings (SSSR count). The number of ketones is 1. The van der Waals surface area contributed by atoms with Crippen LogP contribution in [0.5, 0.6) is 5.75 Å². The van der Waals surface area contributed by atoms with E-state index in [9.17, 15) is 19.5 Å². The van der Waals surface area contributed by atoms with Crippen molar-refractivity contribution in [3.05, 3.63) is 108 Å². The summed E-state index contributed by atoms with van der Waals surface area (Å²) in [6, 6.07) is 24.4. The molecule has 7 unspecified atom stereocenters. The van der Waals surface area contributed by atoms with Gasteiger partial charge in [-0.2, -0.15) is 0 Å². The fourth-order valence-corrected chi connectivity index (χ4v) is 5.02. The first-order valence-corrected chi connectivity index (χ1v) is 14.0. The van der Waals surface area contributed by atoms with Crippen LogP contribution in [0.3, 0.4) is 0 Å². The molecule has 3 aromatic rings. The summed E-state index contributed by atoms with van der Waals surface area (Å²) in [5.41, 5.74) is 1.90. The van der Waals surface area contributed by atoms with Crippen molar-refractivity contribution in [2.24, 2.45) is 0 Å². The molecule has 7 atom stereocenters. The highest BCUT2D eigenvalue weighted by Gasteiger charge is 2.53. The molecular formula is C33H33NO9. The number of carboxylic acids is 1. The van der Waals surface area contributed by atoms with Crippen molar-refractivity contribution in [3.8, 4) is 5.75 Å². The molecule has 3 aromatic carbocycles. The average Bonchev–Trinajstić information content (AvgIpc) is 3.02. The topological polar surface area (TPSA) is 130 Å². The van der Waals surface area contributed by atoms with Crippen molar-refractivity contribution in [1.29, 1.82) is 0 Å². The predicted molar refractivity (Wildman–Crippen MR) is 155 cm³/mol. The number of hydrogen-bond acceptors (Lipinski definition) is 8. The highest BCUT2D eigenvalue weighted by Crippen LogP contribution is 2.37. The second-order valence-electron chi connectivity index (χ2n) is 10.2. The number of ether oxygens (including phenoxy) is 5. The van der Waals surface area contributed by atoms with Crippen LogP contribution in [0.25, 0.3) is 6.08 Å². The van der Waals surface area contributed by atoms with E-state index in [1.807, 2.05) is 60.7 Å². The lowest BCUT2D eigenvalue weighted by Crippen LogP contribution is -2.68. The van der Waals surface area contributed by atoms with Gasteiger partial charge in [0.2, 0.25) is 12.2 Å². The Labute approximate surface area is 249 Å². The Hall–Kier alpha value is -4.35. The molecule has 10 heteroatoms. The normalized spacial score (nSPS) is 25.8. The number of aliphatic carboxylic acids is 1. The van der Waals surface area contributed by atoms with Crippen LogP contribution in [-0.4, -0.2) is 66.1 Å². The molecule has 0 bridgehead atoms. The van der Waals surface area contributed by atoms with E-state index in [1.54, 1.807) is 30.3 Å². The van der Waals surface area contributed by atoms with E-state index in [0.29, 0.717) is 0 Å². The molecule has 224 valence electrons. The lowest BCUT2D eigenvalue weighted by atomic mass is 9.95. The maximum absolute atomic E-state index is 13.2. The molecular weight excluding hydrogens is 554 g/mol. The minimum atomic E-state index is -1.24. The molecule has 0 saturated carbocycles. The second kappa shape index (κ2) is 13.7. The van der Waals surface area contributed by atoms with Crippen LogP contribution in [0, 0.1) is 0 Å². The van der Waals surface area contributed by atoms with Crippen LogP contribution in [0.1, 0.15) is 41.6 Å². The van der Waals surface area contributed by atoms with Gasteiger partial charge in [0.15, 0.2) is 18.2 Å². The van der Waals surface area contributed by atoms with E-state index >= 15 is 0 Å². The van der Waals surface area contributed by atoms with Gasteiger partial charge in [0.1, 0.15) is 30.1 Å². The SMILES string of the molecule is CC(=O)NC1C(Oc2ccccc2C(=O)/C=C/c2ccccc2)OC2COC(c3ccccc3)OC2C1OC(C)C(=O)O. The maximum Gasteiger partial charge on any atom is 0.332 e. The number of hydrogen-bond donors (Lipinski definition) is 2. The third kappa shape index (κ3) is 7.36. The summed E-state index contributed by atoms with van der Waals surface area (Å²) in [4.78, 5) is 37.4. The number of carbonyl (C=O) groups excluding carboxylic acids is 2. The Morgan fingerprint density at radius 2 is 1.63 bits per heavy atom. The highest BCUT2D eigenvalue weighted by molar-refractivity contribution is 6.08. The van der Waals surface area contributed by atoms with Crippen LogP contribution in [0.4, 0.5) is 0 Å². The molecule has 0 spiro atoms. The van der Waals surface area contributed by atoms with E-state index in [4.69, 9.17) is 23.7 Å². The summed E-state index contributed by atoms with van der Waals surface area (Å²) < 4.78 is 30.8. The zero-order chi connectivity index (χ0) is 30.3. The standard InChI is InChI=1S/C33H33NO9/c1-20(31(37)38)40-30-28(34-21(2)35)33(42-27-19-39-32(43-29(27)30)23-13-7-4-8-14-23)41-26-16-10-9-15-24(26)25(36)18-17-22-11-5-3-6-12-22/h3-18,20,27-30,32-33H,19H2,1-2H3,(H,34,35)(H,37,38)/b18-17+. The smallest absolute Gasteiger partial charge is 0.332 e. The Morgan fingerprint density at radius 3 is 2.33 bits per heavy atom. The number of allylic oxidation sites excluding steroid dienone is 1. The number of carboxylic acid groups (broad SMARTS) is 1. The van der Waals surface area contributed by atoms with Gasteiger partial charge in [0, 0.05) is 12.5 Å². The van der Waals surface area contributed by atoms with E-state index in [0.717, 1.165) is 11.1 Å². The molecule has 2 fully saturated rings. The van der Waals surface area contributed by atoms with E-state index in [1.165, 1.54) is 19.9 Å². The predicted octanol–water partition coefficient (Wildman–Crippen LogP) is 4.16. The number of benzene rings is 3. The van der Waals surface area contributed by atoms with Crippen LogP contribution in [0.2, 0.25) is 0 Å². The quantitative estimate of drug-likeness (QED) is 0.265. The average molecular weight is 588 g/mol. The molecule has 2 aliphatic rings. The van der Waals surface area contributed by atoms with Gasteiger partial charge in [-0.15, -0.1) is 0 Å². The van der Waals surface area contributed by atoms with E-state index in [-0.39, 0.29) is 23.7 Å². The molecule has 2 saturated heterocycles. The minimum absolute atomic E-state index is 0.0819. The van der Waals surface area contributed by atoms with Gasteiger partial charge in [-0.1, -0.05) is 78.9 Å². The maximum atomic E-state index is 13.2. The summed E-state index contributed by atoms with van der Waals surface area (Å²) in [5.74, 6) is -1.69. The largest absolute Gasteiger partial charge is 0.479 e. The molecule has 0 aliphatic carbocycles. The van der Waals surface area contributed by atoms with Crippen molar-refractivity contribution < 1.29 is 43.2 Å². The van der Waals surface area contributed by atoms with Crippen molar-refractivity contribution >= 4 is 23.7 Å². The van der Waals surface area contributed by atoms with Crippen molar-refractivity contribution in [3.63, 3.8) is 0 Å². The van der Waals surface area contributed by atoms with Crippen LogP contribution >= 0.6 is 0 Å². The van der Waals surface area contributed by atoms with Crippen LogP contribution < -0.4 is 10.1 Å². The van der Waals surface area contributed by atoms with Crippen molar-refractivity contribution in [1.82, 2.24) is 5.32 Å². The van der Waals surface area contributed by atoms with Gasteiger partial charge in [-0.25, -0.2) is 4.79 Å². The number of para-hydroxylation sites is 1. The molecule has 10 nitrogen and oxygen atoms in total. The lowest BCUT2D eigenvalue weighted by molar-refractivity contribution is -0.340. The number of carbonyl (C=O) groups is 3. The number of nitrogens with one attached hydrogen (secondary N) is 1. The first-order chi connectivity index (χ1) is 20.8. The summed E-state index contributed by atoms with van der Waals surface area (Å²) in [5, 5.41) is 12.5. The van der Waals surface area contributed by atoms with Gasteiger partial charge in [-0.3, -0.25) is 9.59 Å². The van der Waals surface area contributed by atoms with Gasteiger partial charge >= 0.3 is 5.97 Å². The number of rotatable bonds is 10. The highest BCUT2D eigenvalue weighted by atomic mass is 16.8. The Morgan fingerprint density at radius 1 is 0.953 bits per heavy atom. The first-order valence-electron chi connectivity index (χ1n) is 14.0. The molecule has 0 aromatic heterocycles. The van der Waals surface area contributed by atoms with Crippen LogP contribution in [0.15, 0.2) is 91.0 Å². The second-order valence-corrected chi connectivity index (χ2v) is 10.2. The molecule has 2 heterocycles. The third-order valence-electron chi connectivity index (χ3n) is 7.11. The summed E-state index contributed by atoms with van der Waals surface area (Å²) in [6.45, 7) is 2.80. The Bertz CT molecular complexity index is 1440. The molecule has 1 amide bonds. The molecule has 2 N–H and O–H groups in total. The zero-order valence-corrected chi connectivity index (χ0v) is 23.7. The number of amides is 1. The van der Waals surface area contributed by atoms with Crippen molar-refractivity contribution in [2.45, 2.75) is 56.9 Å². The molecule has 43 heavy (non-hydrogen) atoms. The molecule has 2 aliphatic heterocycles. The summed E-state index contributed by atoms with van der Waals surface area (Å²) >= 11 is 0. The summed E-state index contributed by atoms with van der Waals surface area (Å²) in [7, 11) is 0. The van der Waals surface area contributed by atoms with E-state index in [2.05, 4.69) is 5.32 Å². The van der Waals surface area contributed by atoms with Crippen LogP contribution in [-0.2, 0) is 28.5 Å². The van der Waals surface area contributed by atoms with Crippen molar-refractivity contribution in [2.75, 3.05) is 6.61 Å².